The zero-order chi connectivity index (χ0) is 20.6. The fourth-order valence-corrected chi connectivity index (χ4v) is 4.88. The number of nitrogens with zero attached hydrogens (tertiary/aromatic N) is 3. The van der Waals surface area contributed by atoms with E-state index >= 15 is 0 Å². The highest BCUT2D eigenvalue weighted by Crippen LogP contribution is 2.25. The van der Waals surface area contributed by atoms with Gasteiger partial charge in [0.2, 0.25) is 0 Å². The quantitative estimate of drug-likeness (QED) is 0.542. The van der Waals surface area contributed by atoms with Gasteiger partial charge in [0.25, 0.3) is 0 Å². The Hall–Kier alpha value is -1.57. The Morgan fingerprint density at radius 1 is 1.17 bits per heavy atom. The van der Waals surface area contributed by atoms with Crippen LogP contribution in [-0.4, -0.2) is 81.0 Å². The van der Waals surface area contributed by atoms with Crippen molar-refractivity contribution < 1.29 is 13.9 Å². The van der Waals surface area contributed by atoms with E-state index in [2.05, 4.69) is 26.2 Å². The molecule has 0 saturated carbocycles. The van der Waals surface area contributed by atoms with Gasteiger partial charge in [0.15, 0.2) is 5.96 Å². The third-order valence-corrected chi connectivity index (χ3v) is 6.65. The number of furan rings is 1. The van der Waals surface area contributed by atoms with Crippen molar-refractivity contribution >= 4 is 5.96 Å². The molecule has 3 aliphatic rings. The molecule has 3 fully saturated rings. The van der Waals surface area contributed by atoms with Crippen molar-refractivity contribution in [1.29, 1.82) is 0 Å². The first-order chi connectivity index (χ1) is 14.8. The molecular weight excluding hydrogens is 380 g/mol. The van der Waals surface area contributed by atoms with Crippen molar-refractivity contribution in [2.24, 2.45) is 4.99 Å². The zero-order valence-electron chi connectivity index (χ0n) is 18.4. The highest BCUT2D eigenvalue weighted by Gasteiger charge is 2.28. The predicted molar refractivity (Wildman–Crippen MR) is 118 cm³/mol. The van der Waals surface area contributed by atoms with Crippen molar-refractivity contribution in [2.75, 3.05) is 53.0 Å². The third kappa shape index (κ3) is 5.77. The van der Waals surface area contributed by atoms with Crippen LogP contribution < -0.4 is 5.32 Å². The second kappa shape index (κ2) is 11.2. The highest BCUT2D eigenvalue weighted by atomic mass is 16.5. The van der Waals surface area contributed by atoms with E-state index in [-0.39, 0.29) is 6.04 Å². The highest BCUT2D eigenvalue weighted by molar-refractivity contribution is 5.80. The zero-order valence-corrected chi connectivity index (χ0v) is 18.4. The van der Waals surface area contributed by atoms with Gasteiger partial charge in [-0.15, -0.1) is 0 Å². The maximum atomic E-state index is 6.17. The Labute approximate surface area is 180 Å². The number of hydrogen-bond donors (Lipinski definition) is 1. The van der Waals surface area contributed by atoms with Crippen molar-refractivity contribution in [3.63, 3.8) is 0 Å². The van der Waals surface area contributed by atoms with Gasteiger partial charge in [0.05, 0.1) is 31.1 Å². The summed E-state index contributed by atoms with van der Waals surface area (Å²) in [4.78, 5) is 9.44. The molecule has 0 amide bonds. The largest absolute Gasteiger partial charge is 0.468 e. The maximum Gasteiger partial charge on any atom is 0.193 e. The second-order valence-corrected chi connectivity index (χ2v) is 8.71. The normalized spacial score (nSPS) is 25.6. The lowest BCUT2D eigenvalue weighted by atomic mass is 10.1. The van der Waals surface area contributed by atoms with E-state index in [0.717, 1.165) is 76.9 Å². The van der Waals surface area contributed by atoms with Crippen LogP contribution in [0.15, 0.2) is 27.8 Å². The summed E-state index contributed by atoms with van der Waals surface area (Å²) < 4.78 is 17.7. The molecule has 3 saturated heterocycles. The first-order valence-corrected chi connectivity index (χ1v) is 11.8. The van der Waals surface area contributed by atoms with Gasteiger partial charge in [0, 0.05) is 33.3 Å². The van der Waals surface area contributed by atoms with Crippen LogP contribution in [0.2, 0.25) is 0 Å². The van der Waals surface area contributed by atoms with E-state index in [1.54, 1.807) is 6.26 Å². The minimum absolute atomic E-state index is 0.260. The minimum atomic E-state index is 0.260. The van der Waals surface area contributed by atoms with Crippen molar-refractivity contribution in [3.8, 4) is 0 Å². The van der Waals surface area contributed by atoms with E-state index in [4.69, 9.17) is 13.9 Å². The van der Waals surface area contributed by atoms with Crippen molar-refractivity contribution in [3.05, 3.63) is 24.2 Å². The summed E-state index contributed by atoms with van der Waals surface area (Å²) in [6, 6.07) is 4.33. The molecule has 0 aliphatic carbocycles. The Balaban J connectivity index is 1.23. The Kier molecular flexibility index (Phi) is 8.06. The van der Waals surface area contributed by atoms with Crippen LogP contribution in [0.5, 0.6) is 0 Å². The lowest BCUT2D eigenvalue weighted by Gasteiger charge is -2.36. The van der Waals surface area contributed by atoms with Gasteiger partial charge in [-0.25, -0.2) is 0 Å². The predicted octanol–water partition coefficient (Wildman–Crippen LogP) is 3.04. The Morgan fingerprint density at radius 3 is 2.67 bits per heavy atom. The molecule has 1 aromatic heterocycles. The first-order valence-electron chi connectivity index (χ1n) is 11.8. The van der Waals surface area contributed by atoms with Gasteiger partial charge < -0.3 is 24.1 Å². The van der Waals surface area contributed by atoms with Gasteiger partial charge in [-0.2, -0.15) is 0 Å². The average molecular weight is 419 g/mol. The number of likely N-dealkylation sites (tertiary alicyclic amines) is 2. The standard InChI is InChI=1S/C23H38N4O3/c1-24-23(25-17-21(22-8-6-16-29-22)26-11-3-4-12-26)27-13-9-19(10-14-27)30-18-20-7-2-5-15-28-20/h6,8,16,19-21H,2-5,7,9-15,17-18H2,1H3,(H,24,25). The van der Waals surface area contributed by atoms with E-state index < -0.39 is 0 Å². The molecule has 0 bridgehead atoms. The van der Waals surface area contributed by atoms with Crippen LogP contribution in [0.25, 0.3) is 0 Å². The topological polar surface area (TPSA) is 62.5 Å². The summed E-state index contributed by atoms with van der Waals surface area (Å²) in [6.07, 6.45) is 10.6. The summed E-state index contributed by atoms with van der Waals surface area (Å²) in [5.74, 6) is 2.02. The lowest BCUT2D eigenvalue weighted by Crippen LogP contribution is -2.49. The molecule has 2 atom stereocenters. The molecule has 168 valence electrons. The van der Waals surface area contributed by atoms with Gasteiger partial charge in [-0.05, 0) is 70.2 Å². The molecule has 0 radical (unpaired) electrons. The summed E-state index contributed by atoms with van der Waals surface area (Å²) in [5, 5.41) is 3.62. The molecule has 0 spiro atoms. The number of piperidine rings is 1. The smallest absolute Gasteiger partial charge is 0.193 e. The van der Waals surface area contributed by atoms with E-state index in [9.17, 15) is 0 Å². The number of guanidine groups is 1. The van der Waals surface area contributed by atoms with Crippen LogP contribution in [0.4, 0.5) is 0 Å². The molecule has 7 heteroatoms. The summed E-state index contributed by atoms with van der Waals surface area (Å²) >= 11 is 0. The molecule has 4 heterocycles. The van der Waals surface area contributed by atoms with E-state index in [0.29, 0.717) is 12.2 Å². The van der Waals surface area contributed by atoms with E-state index in [1.807, 2.05) is 13.1 Å². The van der Waals surface area contributed by atoms with Gasteiger partial charge >= 0.3 is 0 Å². The molecule has 1 N–H and O–H groups in total. The summed E-state index contributed by atoms with van der Waals surface area (Å²) in [6.45, 7) is 6.69. The molecule has 1 aromatic rings. The summed E-state index contributed by atoms with van der Waals surface area (Å²) in [5.41, 5.74) is 0. The molecule has 3 aliphatic heterocycles. The van der Waals surface area contributed by atoms with Crippen LogP contribution in [0.1, 0.15) is 56.7 Å². The number of aliphatic imine (C=N–C) groups is 1. The van der Waals surface area contributed by atoms with Gasteiger partial charge in [0.1, 0.15) is 5.76 Å². The number of rotatable bonds is 7. The molecule has 0 aromatic carbocycles. The Morgan fingerprint density at radius 2 is 2.00 bits per heavy atom. The second-order valence-electron chi connectivity index (χ2n) is 8.71. The summed E-state index contributed by atoms with van der Waals surface area (Å²) in [7, 11) is 1.88. The van der Waals surface area contributed by atoms with E-state index in [1.165, 1.54) is 25.7 Å². The maximum absolute atomic E-state index is 6.17. The molecule has 7 nitrogen and oxygen atoms in total. The van der Waals surface area contributed by atoms with Gasteiger partial charge in [-0.3, -0.25) is 9.89 Å². The molecule has 4 rings (SSSR count). The molecule has 2 unspecified atom stereocenters. The van der Waals surface area contributed by atoms with Crippen LogP contribution in [-0.2, 0) is 9.47 Å². The minimum Gasteiger partial charge on any atom is -0.468 e. The first kappa shape index (κ1) is 21.7. The molecule has 30 heavy (non-hydrogen) atoms. The van der Waals surface area contributed by atoms with Gasteiger partial charge in [-0.1, -0.05) is 0 Å². The fraction of sp³-hybridized carbons (Fsp3) is 0.783. The Bertz CT molecular complexity index is 631. The van der Waals surface area contributed by atoms with Crippen LogP contribution in [0, 0.1) is 0 Å². The van der Waals surface area contributed by atoms with Crippen LogP contribution in [0.3, 0.4) is 0 Å². The molecular formula is C23H38N4O3. The number of ether oxygens (including phenoxy) is 2. The van der Waals surface area contributed by atoms with Crippen molar-refractivity contribution in [1.82, 2.24) is 15.1 Å². The SMILES string of the molecule is CN=C(NCC(c1ccco1)N1CCCC1)N1CCC(OCC2CCCCO2)CC1. The lowest BCUT2D eigenvalue weighted by molar-refractivity contribution is -0.0721. The number of nitrogens with one attached hydrogen (secondary N) is 1. The van der Waals surface area contributed by atoms with Crippen molar-refractivity contribution in [2.45, 2.75) is 63.2 Å². The number of hydrogen-bond acceptors (Lipinski definition) is 5. The fourth-order valence-electron chi connectivity index (χ4n) is 4.88. The third-order valence-electron chi connectivity index (χ3n) is 6.65. The average Bonchev–Trinajstić information content (AvgIpc) is 3.52. The van der Waals surface area contributed by atoms with Crippen LogP contribution >= 0.6 is 0 Å². The monoisotopic (exact) mass is 418 g/mol.